The molecule has 0 saturated carbocycles. The molecule has 1 aromatic carbocycles. The molecule has 2 aromatic rings. The van der Waals surface area contributed by atoms with Gasteiger partial charge in [-0.25, -0.2) is 4.98 Å². The van der Waals surface area contributed by atoms with Crippen molar-refractivity contribution < 1.29 is 9.53 Å². The van der Waals surface area contributed by atoms with Gasteiger partial charge in [0.1, 0.15) is 16.2 Å². The lowest BCUT2D eigenvalue weighted by atomic mass is 10.2. The Hall–Kier alpha value is -1.88. The van der Waals surface area contributed by atoms with E-state index in [2.05, 4.69) is 26.2 Å². The molecule has 0 aliphatic rings. The summed E-state index contributed by atoms with van der Waals surface area (Å²) in [6, 6.07) is 12.4. The van der Waals surface area contributed by atoms with E-state index >= 15 is 0 Å². The van der Waals surface area contributed by atoms with Gasteiger partial charge >= 0.3 is 0 Å². The van der Waals surface area contributed by atoms with Crippen molar-refractivity contribution in [1.82, 2.24) is 4.98 Å². The fourth-order valence-corrected chi connectivity index (χ4v) is 1.99. The molecule has 0 saturated heterocycles. The first-order valence-corrected chi connectivity index (χ1v) is 7.04. The molecule has 2 rings (SSSR count). The predicted molar refractivity (Wildman–Crippen MR) is 82.1 cm³/mol. The van der Waals surface area contributed by atoms with Crippen molar-refractivity contribution in [2.45, 2.75) is 20.0 Å². The summed E-state index contributed by atoms with van der Waals surface area (Å²) in [6.45, 7) is 3.89. The summed E-state index contributed by atoms with van der Waals surface area (Å²) in [7, 11) is 0. The third-order valence-electron chi connectivity index (χ3n) is 2.42. The normalized spacial score (nSPS) is 10.4. The molecule has 0 unspecified atom stereocenters. The second-order valence-electron chi connectivity index (χ2n) is 4.49. The molecular weight excluding hydrogens is 320 g/mol. The molecule has 0 radical (unpaired) electrons. The summed E-state index contributed by atoms with van der Waals surface area (Å²) in [5, 5.41) is 2.74. The maximum Gasteiger partial charge on any atom is 0.256 e. The Morgan fingerprint density at radius 2 is 2.00 bits per heavy atom. The first-order chi connectivity index (χ1) is 9.54. The van der Waals surface area contributed by atoms with E-state index in [0.717, 1.165) is 0 Å². The SMILES string of the molecule is CC(C)Oc1cccc(C(=O)Nc2cccc(Br)n2)c1. The lowest BCUT2D eigenvalue weighted by Gasteiger charge is -2.11. The zero-order chi connectivity index (χ0) is 14.5. The quantitative estimate of drug-likeness (QED) is 0.863. The minimum Gasteiger partial charge on any atom is -0.491 e. The van der Waals surface area contributed by atoms with Crippen LogP contribution in [0.15, 0.2) is 47.1 Å². The van der Waals surface area contributed by atoms with Crippen LogP contribution in [0.25, 0.3) is 0 Å². The van der Waals surface area contributed by atoms with E-state index in [0.29, 0.717) is 21.7 Å². The molecule has 0 bridgehead atoms. The molecular formula is C15H15BrN2O2. The highest BCUT2D eigenvalue weighted by molar-refractivity contribution is 9.10. The molecule has 0 fully saturated rings. The molecule has 5 heteroatoms. The topological polar surface area (TPSA) is 51.2 Å². The number of ether oxygens (including phenoxy) is 1. The Kier molecular flexibility index (Phi) is 4.74. The third-order valence-corrected chi connectivity index (χ3v) is 2.87. The first kappa shape index (κ1) is 14.5. The van der Waals surface area contributed by atoms with Crippen molar-refractivity contribution in [2.75, 3.05) is 5.32 Å². The van der Waals surface area contributed by atoms with E-state index in [1.165, 1.54) is 0 Å². The van der Waals surface area contributed by atoms with Gasteiger partial charge in [0.2, 0.25) is 0 Å². The molecule has 0 aliphatic heterocycles. The molecule has 4 nitrogen and oxygen atoms in total. The number of halogens is 1. The highest BCUT2D eigenvalue weighted by Crippen LogP contribution is 2.16. The number of nitrogens with zero attached hydrogens (tertiary/aromatic N) is 1. The fraction of sp³-hybridized carbons (Fsp3) is 0.200. The van der Waals surface area contributed by atoms with Crippen molar-refractivity contribution in [2.24, 2.45) is 0 Å². The number of rotatable bonds is 4. The van der Waals surface area contributed by atoms with Gasteiger partial charge in [-0.15, -0.1) is 0 Å². The lowest BCUT2D eigenvalue weighted by molar-refractivity contribution is 0.102. The minimum absolute atomic E-state index is 0.0695. The number of carbonyl (C=O) groups excluding carboxylic acids is 1. The Morgan fingerprint density at radius 3 is 2.70 bits per heavy atom. The first-order valence-electron chi connectivity index (χ1n) is 6.25. The standard InChI is InChI=1S/C15H15BrN2O2/c1-10(2)20-12-6-3-5-11(9-12)15(19)18-14-8-4-7-13(16)17-14/h3-10H,1-2H3,(H,17,18,19). The number of benzene rings is 1. The zero-order valence-electron chi connectivity index (χ0n) is 11.3. The summed E-state index contributed by atoms with van der Waals surface area (Å²) < 4.78 is 6.24. The molecule has 104 valence electrons. The number of pyridine rings is 1. The number of hydrogen-bond donors (Lipinski definition) is 1. The Balaban J connectivity index is 2.13. The van der Waals surface area contributed by atoms with Crippen molar-refractivity contribution in [1.29, 1.82) is 0 Å². The highest BCUT2D eigenvalue weighted by atomic mass is 79.9. The van der Waals surface area contributed by atoms with Crippen molar-refractivity contribution in [3.05, 3.63) is 52.6 Å². The number of nitrogens with one attached hydrogen (secondary N) is 1. The van der Waals surface area contributed by atoms with Crippen LogP contribution < -0.4 is 10.1 Å². The molecule has 1 heterocycles. The molecule has 1 amide bonds. The van der Waals surface area contributed by atoms with E-state index < -0.39 is 0 Å². The minimum atomic E-state index is -0.218. The Morgan fingerprint density at radius 1 is 1.25 bits per heavy atom. The largest absolute Gasteiger partial charge is 0.491 e. The van der Waals surface area contributed by atoms with E-state index in [-0.39, 0.29) is 12.0 Å². The summed E-state index contributed by atoms with van der Waals surface area (Å²) in [5.74, 6) is 0.958. The summed E-state index contributed by atoms with van der Waals surface area (Å²) in [4.78, 5) is 16.3. The van der Waals surface area contributed by atoms with Gasteiger partial charge in [-0.05, 0) is 60.1 Å². The summed E-state index contributed by atoms with van der Waals surface area (Å²) in [6.07, 6.45) is 0.0695. The van der Waals surface area contributed by atoms with Crippen LogP contribution in [-0.2, 0) is 0 Å². The molecule has 0 atom stereocenters. The van der Waals surface area contributed by atoms with Gasteiger partial charge in [0.25, 0.3) is 5.91 Å². The molecule has 20 heavy (non-hydrogen) atoms. The average molecular weight is 335 g/mol. The number of aromatic nitrogens is 1. The highest BCUT2D eigenvalue weighted by Gasteiger charge is 2.08. The third kappa shape index (κ3) is 4.06. The van der Waals surface area contributed by atoms with Gasteiger partial charge in [-0.2, -0.15) is 0 Å². The van der Waals surface area contributed by atoms with Gasteiger partial charge in [0.15, 0.2) is 0 Å². The second-order valence-corrected chi connectivity index (χ2v) is 5.31. The van der Waals surface area contributed by atoms with Crippen LogP contribution >= 0.6 is 15.9 Å². The average Bonchev–Trinajstić information content (AvgIpc) is 2.38. The molecule has 0 aliphatic carbocycles. The predicted octanol–water partition coefficient (Wildman–Crippen LogP) is 3.88. The van der Waals surface area contributed by atoms with E-state index in [9.17, 15) is 4.79 Å². The maximum absolute atomic E-state index is 12.1. The summed E-state index contributed by atoms with van der Waals surface area (Å²) in [5.41, 5.74) is 0.532. The van der Waals surface area contributed by atoms with Crippen LogP contribution in [-0.4, -0.2) is 17.0 Å². The van der Waals surface area contributed by atoms with E-state index in [1.807, 2.05) is 26.0 Å². The van der Waals surface area contributed by atoms with E-state index in [1.54, 1.807) is 30.3 Å². The fourth-order valence-electron chi connectivity index (χ4n) is 1.65. The number of amides is 1. The smallest absolute Gasteiger partial charge is 0.256 e. The van der Waals surface area contributed by atoms with E-state index in [4.69, 9.17) is 4.74 Å². The molecule has 1 N–H and O–H groups in total. The van der Waals surface area contributed by atoms with Crippen LogP contribution in [0, 0.1) is 0 Å². The van der Waals surface area contributed by atoms with Crippen molar-refractivity contribution in [3.8, 4) is 5.75 Å². The van der Waals surface area contributed by atoms with Gasteiger partial charge in [-0.1, -0.05) is 12.1 Å². The second kappa shape index (κ2) is 6.52. The maximum atomic E-state index is 12.1. The van der Waals surface area contributed by atoms with Crippen LogP contribution in [0.3, 0.4) is 0 Å². The lowest BCUT2D eigenvalue weighted by Crippen LogP contribution is -2.13. The van der Waals surface area contributed by atoms with Crippen molar-refractivity contribution >= 4 is 27.7 Å². The summed E-state index contributed by atoms with van der Waals surface area (Å²) >= 11 is 3.26. The monoisotopic (exact) mass is 334 g/mol. The van der Waals surface area contributed by atoms with Crippen LogP contribution in [0.5, 0.6) is 5.75 Å². The van der Waals surface area contributed by atoms with Crippen LogP contribution in [0.1, 0.15) is 24.2 Å². The van der Waals surface area contributed by atoms with Crippen LogP contribution in [0.2, 0.25) is 0 Å². The van der Waals surface area contributed by atoms with Gasteiger partial charge in [0.05, 0.1) is 6.10 Å². The Labute approximate surface area is 126 Å². The van der Waals surface area contributed by atoms with Gasteiger partial charge in [-0.3, -0.25) is 4.79 Å². The number of anilines is 1. The molecule has 0 spiro atoms. The Bertz CT molecular complexity index is 614. The van der Waals surface area contributed by atoms with Gasteiger partial charge in [0, 0.05) is 5.56 Å². The van der Waals surface area contributed by atoms with Gasteiger partial charge < -0.3 is 10.1 Å². The zero-order valence-corrected chi connectivity index (χ0v) is 12.8. The van der Waals surface area contributed by atoms with Crippen molar-refractivity contribution in [3.63, 3.8) is 0 Å². The van der Waals surface area contributed by atoms with Crippen LogP contribution in [0.4, 0.5) is 5.82 Å². The number of carbonyl (C=O) groups is 1. The number of hydrogen-bond acceptors (Lipinski definition) is 3. The molecule has 1 aromatic heterocycles.